The predicted octanol–water partition coefficient (Wildman–Crippen LogP) is 5.88. The maximum atomic E-state index is 4.90. The Kier molecular flexibility index (Phi) is 10.3. The first-order valence-corrected chi connectivity index (χ1v) is 15.5. The molecule has 1 N–H and O–H groups in total. The summed E-state index contributed by atoms with van der Waals surface area (Å²) in [4.78, 5) is 14.5. The number of benzene rings is 3. The van der Waals surface area contributed by atoms with Crippen molar-refractivity contribution in [2.75, 3.05) is 39.6 Å². The van der Waals surface area contributed by atoms with Gasteiger partial charge in [-0.25, -0.2) is 4.99 Å². The molecule has 2 aliphatic heterocycles. The molecule has 3 aromatic rings. The van der Waals surface area contributed by atoms with Crippen molar-refractivity contribution in [2.24, 2.45) is 9.98 Å². The van der Waals surface area contributed by atoms with E-state index in [4.69, 9.17) is 9.98 Å². The van der Waals surface area contributed by atoms with Crippen LogP contribution in [0.3, 0.4) is 0 Å². The molecule has 38 heavy (non-hydrogen) atoms. The molecular weight excluding hydrogens is 507 g/mol. The van der Waals surface area contributed by atoms with E-state index in [-0.39, 0.29) is 0 Å². The van der Waals surface area contributed by atoms with Gasteiger partial charge >= 0.3 is 0 Å². The fraction of sp³-hybridized carbons (Fsp3) is 0.355. The third-order valence-corrected chi connectivity index (χ3v) is 9.08. The maximum absolute atomic E-state index is 4.90. The number of rotatable bonds is 10. The van der Waals surface area contributed by atoms with Crippen LogP contribution in [0.1, 0.15) is 28.7 Å². The van der Waals surface area contributed by atoms with Gasteiger partial charge in [-0.3, -0.25) is 14.8 Å². The average molecular weight is 544 g/mol. The first kappa shape index (κ1) is 27.0. The van der Waals surface area contributed by atoms with E-state index < -0.39 is 0 Å². The highest BCUT2D eigenvalue weighted by atomic mass is 32.2. The van der Waals surface area contributed by atoms with Crippen LogP contribution in [-0.2, 0) is 24.3 Å². The van der Waals surface area contributed by atoms with E-state index in [0.717, 1.165) is 75.6 Å². The van der Waals surface area contributed by atoms with Gasteiger partial charge in [0.1, 0.15) is 0 Å². The van der Waals surface area contributed by atoms with Crippen LogP contribution in [0.25, 0.3) is 0 Å². The van der Waals surface area contributed by atoms with Crippen LogP contribution in [0.15, 0.2) is 94.9 Å². The van der Waals surface area contributed by atoms with Gasteiger partial charge in [-0.05, 0) is 35.1 Å². The first-order valence-electron chi connectivity index (χ1n) is 13.5. The van der Waals surface area contributed by atoms with E-state index in [0.29, 0.717) is 0 Å². The van der Waals surface area contributed by atoms with Gasteiger partial charge in [0.15, 0.2) is 5.17 Å². The van der Waals surface area contributed by atoms with Crippen molar-refractivity contribution in [3.8, 4) is 0 Å². The van der Waals surface area contributed by atoms with E-state index >= 15 is 0 Å². The lowest BCUT2D eigenvalue weighted by molar-refractivity contribution is 0.270. The van der Waals surface area contributed by atoms with Crippen molar-refractivity contribution < 1.29 is 0 Å². The summed E-state index contributed by atoms with van der Waals surface area (Å²) in [6.45, 7) is 5.65. The number of aliphatic imine (C=N–C) groups is 2. The second-order valence-corrected chi connectivity index (χ2v) is 11.7. The van der Waals surface area contributed by atoms with Gasteiger partial charge in [-0.1, -0.05) is 96.7 Å². The maximum Gasteiger partial charge on any atom is 0.159 e. The molecule has 0 aromatic heterocycles. The minimum absolute atomic E-state index is 0.766. The summed E-state index contributed by atoms with van der Waals surface area (Å²) in [5, 5.41) is 5.85. The van der Waals surface area contributed by atoms with Crippen molar-refractivity contribution in [3.05, 3.63) is 107 Å². The highest BCUT2D eigenvalue weighted by Gasteiger charge is 2.15. The highest BCUT2D eigenvalue weighted by molar-refractivity contribution is 8.13. The van der Waals surface area contributed by atoms with Crippen LogP contribution in [0.2, 0.25) is 0 Å². The molecule has 198 valence electrons. The second kappa shape index (κ2) is 14.5. The normalized spacial score (nSPS) is 16.5. The van der Waals surface area contributed by atoms with Crippen LogP contribution in [0.4, 0.5) is 0 Å². The lowest BCUT2D eigenvalue weighted by Gasteiger charge is -2.26. The Morgan fingerprint density at radius 3 is 1.82 bits per heavy atom. The van der Waals surface area contributed by atoms with E-state index in [1.54, 1.807) is 0 Å². The fourth-order valence-electron chi connectivity index (χ4n) is 4.59. The van der Waals surface area contributed by atoms with Crippen LogP contribution in [0.5, 0.6) is 0 Å². The highest BCUT2D eigenvalue weighted by Crippen LogP contribution is 2.24. The SMILES string of the molecule is c1ccc(CCN2CCC(SCc3ccccc3CSC3=NCN(CCc4ccccc4)CN3)=NC2)cc1. The zero-order valence-corrected chi connectivity index (χ0v) is 23.6. The van der Waals surface area contributed by atoms with Crippen molar-refractivity contribution in [2.45, 2.75) is 30.8 Å². The largest absolute Gasteiger partial charge is 0.352 e. The monoisotopic (exact) mass is 543 g/mol. The van der Waals surface area contributed by atoms with E-state index in [2.05, 4.69) is 100 Å². The van der Waals surface area contributed by atoms with Gasteiger partial charge in [-0.2, -0.15) is 0 Å². The van der Waals surface area contributed by atoms with E-state index in [9.17, 15) is 0 Å². The summed E-state index contributed by atoms with van der Waals surface area (Å²) < 4.78 is 0. The lowest BCUT2D eigenvalue weighted by Crippen LogP contribution is -2.42. The molecule has 3 aromatic carbocycles. The van der Waals surface area contributed by atoms with Gasteiger partial charge in [0.2, 0.25) is 0 Å². The molecule has 0 radical (unpaired) electrons. The quantitative estimate of drug-likeness (QED) is 0.346. The molecule has 7 heteroatoms. The fourth-order valence-corrected chi connectivity index (χ4v) is 6.47. The molecule has 0 spiro atoms. The Balaban J connectivity index is 1.04. The topological polar surface area (TPSA) is 43.2 Å². The smallest absolute Gasteiger partial charge is 0.159 e. The van der Waals surface area contributed by atoms with Crippen molar-refractivity contribution in [1.29, 1.82) is 0 Å². The molecule has 2 aliphatic rings. The predicted molar refractivity (Wildman–Crippen MR) is 165 cm³/mol. The van der Waals surface area contributed by atoms with Crippen molar-refractivity contribution in [1.82, 2.24) is 15.1 Å². The van der Waals surface area contributed by atoms with Crippen molar-refractivity contribution >= 4 is 33.7 Å². The Morgan fingerprint density at radius 1 is 0.658 bits per heavy atom. The van der Waals surface area contributed by atoms with E-state index in [1.165, 1.54) is 27.3 Å². The average Bonchev–Trinajstić information content (AvgIpc) is 2.99. The molecule has 0 amide bonds. The zero-order chi connectivity index (χ0) is 25.8. The standard InChI is InChI=1S/C31H37N5S2/c1-3-9-26(10-4-1)15-18-35-20-17-30(32-23-35)37-21-28-13-7-8-14-29(28)22-38-31-33-24-36(25-34-31)19-16-27-11-5-2-6-12-27/h1-14H,15-25H2,(H,33,34). The Bertz CT molecular complexity index is 1100. The summed E-state index contributed by atoms with van der Waals surface area (Å²) in [5.74, 6) is 1.92. The van der Waals surface area contributed by atoms with Crippen molar-refractivity contribution in [3.63, 3.8) is 0 Å². The molecule has 2 heterocycles. The molecule has 0 saturated carbocycles. The van der Waals surface area contributed by atoms with Crippen LogP contribution in [-0.4, -0.2) is 59.7 Å². The summed E-state index contributed by atoms with van der Waals surface area (Å²) in [7, 11) is 0. The summed E-state index contributed by atoms with van der Waals surface area (Å²) in [6.07, 6.45) is 3.20. The van der Waals surface area contributed by atoms with Gasteiger partial charge in [0.25, 0.3) is 0 Å². The minimum atomic E-state index is 0.766. The number of hydrogen-bond acceptors (Lipinski definition) is 7. The van der Waals surface area contributed by atoms with E-state index in [1.807, 2.05) is 23.5 Å². The molecule has 0 atom stereocenters. The Hall–Kier alpha value is -2.58. The number of amidine groups is 1. The van der Waals surface area contributed by atoms with Crippen LogP contribution >= 0.6 is 23.5 Å². The molecule has 0 fully saturated rings. The number of thioether (sulfide) groups is 2. The molecule has 0 aliphatic carbocycles. The number of nitrogens with zero attached hydrogens (tertiary/aromatic N) is 4. The molecule has 5 rings (SSSR count). The molecule has 5 nitrogen and oxygen atoms in total. The summed E-state index contributed by atoms with van der Waals surface area (Å²) in [5.41, 5.74) is 5.58. The van der Waals surface area contributed by atoms with Crippen LogP contribution < -0.4 is 5.32 Å². The molecular formula is C31H37N5S2. The first-order chi connectivity index (χ1) is 18.8. The van der Waals surface area contributed by atoms with Gasteiger partial charge in [0.05, 0.1) is 25.0 Å². The third kappa shape index (κ3) is 8.46. The molecule has 0 unspecified atom stereocenters. The Labute approximate surface area is 235 Å². The zero-order valence-electron chi connectivity index (χ0n) is 22.0. The second-order valence-electron chi connectivity index (χ2n) is 9.71. The molecule has 0 saturated heterocycles. The number of nitrogens with one attached hydrogen (secondary N) is 1. The Morgan fingerprint density at radius 2 is 1.24 bits per heavy atom. The van der Waals surface area contributed by atoms with Gasteiger partial charge in [-0.15, -0.1) is 11.8 Å². The lowest BCUT2D eigenvalue weighted by atomic mass is 10.1. The van der Waals surface area contributed by atoms with Gasteiger partial charge < -0.3 is 5.32 Å². The third-order valence-electron chi connectivity index (χ3n) is 6.95. The minimum Gasteiger partial charge on any atom is -0.352 e. The number of hydrogen-bond donors (Lipinski definition) is 1. The summed E-state index contributed by atoms with van der Waals surface area (Å²) in [6, 6.07) is 30.2. The van der Waals surface area contributed by atoms with Gasteiger partial charge in [0, 0.05) is 37.6 Å². The van der Waals surface area contributed by atoms with Crippen LogP contribution in [0, 0.1) is 0 Å². The summed E-state index contributed by atoms with van der Waals surface area (Å²) >= 11 is 3.72. The molecule has 0 bridgehead atoms.